The number of aryl methyl sites for hydroxylation is 2. The van der Waals surface area contributed by atoms with Crippen LogP contribution in [0.5, 0.6) is 0 Å². The molecule has 2 atom stereocenters. The second-order valence-electron chi connectivity index (χ2n) is 10.1. The molecular formula is C38H53FO. The van der Waals surface area contributed by atoms with Gasteiger partial charge < -0.3 is 0 Å². The number of allylic oxidation sites excluding steroid dienone is 6. The van der Waals surface area contributed by atoms with E-state index >= 15 is 0 Å². The quantitative estimate of drug-likeness (QED) is 0.156. The molecule has 2 aliphatic rings. The Hall–Kier alpha value is -3.00. The summed E-state index contributed by atoms with van der Waals surface area (Å²) < 4.78 is 13.6. The van der Waals surface area contributed by atoms with E-state index in [0.717, 1.165) is 85.6 Å². The minimum absolute atomic E-state index is 0. The van der Waals surface area contributed by atoms with Crippen molar-refractivity contribution in [3.8, 4) is 0 Å². The summed E-state index contributed by atoms with van der Waals surface area (Å²) in [7, 11) is 0. The van der Waals surface area contributed by atoms with Crippen molar-refractivity contribution >= 4 is 11.4 Å². The summed E-state index contributed by atoms with van der Waals surface area (Å²) in [5.41, 5.74) is 7.20. The normalized spacial score (nSPS) is 17.1. The largest absolute Gasteiger partial charge is 0.289 e. The molecule has 218 valence electrons. The molecule has 0 amide bonds. The number of carbonyl (C=O) groups excluding carboxylic acids is 1. The van der Waals surface area contributed by atoms with Gasteiger partial charge in [-0.05, 0) is 96.8 Å². The highest BCUT2D eigenvalue weighted by molar-refractivity contribution is 6.10. The van der Waals surface area contributed by atoms with Gasteiger partial charge in [0.05, 0.1) is 0 Å². The van der Waals surface area contributed by atoms with Crippen molar-refractivity contribution in [2.45, 2.75) is 99.8 Å². The van der Waals surface area contributed by atoms with Crippen LogP contribution < -0.4 is 0 Å². The molecular weight excluding hydrogens is 491 g/mol. The van der Waals surface area contributed by atoms with Crippen LogP contribution in [0, 0.1) is 17.7 Å². The molecule has 1 saturated carbocycles. The van der Waals surface area contributed by atoms with Gasteiger partial charge in [-0.2, -0.15) is 0 Å². The predicted octanol–water partition coefficient (Wildman–Crippen LogP) is 11.5. The van der Waals surface area contributed by atoms with Crippen molar-refractivity contribution in [2.75, 3.05) is 0 Å². The first kappa shape index (κ1) is 35.0. The minimum atomic E-state index is -0.201. The molecule has 0 radical (unpaired) electrons. The van der Waals surface area contributed by atoms with Gasteiger partial charge in [-0.15, -0.1) is 0 Å². The Bertz CT molecular complexity index is 1170. The van der Waals surface area contributed by atoms with Gasteiger partial charge in [0.1, 0.15) is 5.82 Å². The second kappa shape index (κ2) is 18.4. The fourth-order valence-corrected chi connectivity index (χ4v) is 5.65. The number of rotatable bonds is 11. The average molecular weight is 545 g/mol. The van der Waals surface area contributed by atoms with E-state index in [9.17, 15) is 9.18 Å². The molecule has 1 nitrogen and oxygen atoms in total. The zero-order chi connectivity index (χ0) is 28.8. The first-order chi connectivity index (χ1) is 19.0. The maximum absolute atomic E-state index is 13.8. The van der Waals surface area contributed by atoms with Crippen molar-refractivity contribution < 1.29 is 9.18 Å². The molecule has 2 aromatic rings. The van der Waals surface area contributed by atoms with Crippen LogP contribution in [0.1, 0.15) is 114 Å². The molecule has 0 bridgehead atoms. The summed E-state index contributed by atoms with van der Waals surface area (Å²) >= 11 is 0. The molecule has 0 spiro atoms. The number of ketones is 1. The SMILES string of the molecule is C.C=C1CCC(C(=C)C(=O)c2ccc(C3=CCC=C3)cc2CCCc2cccc(F)c2)C1CCCC.CC.CC. The van der Waals surface area contributed by atoms with Gasteiger partial charge >= 0.3 is 0 Å². The molecule has 2 heteroatoms. The number of benzene rings is 2. The van der Waals surface area contributed by atoms with Crippen LogP contribution in [-0.2, 0) is 12.8 Å². The highest BCUT2D eigenvalue weighted by Gasteiger charge is 2.34. The van der Waals surface area contributed by atoms with Crippen molar-refractivity contribution in [2.24, 2.45) is 11.8 Å². The van der Waals surface area contributed by atoms with E-state index in [4.69, 9.17) is 0 Å². The molecule has 0 aromatic heterocycles. The maximum atomic E-state index is 13.8. The number of halogens is 1. The summed E-state index contributed by atoms with van der Waals surface area (Å²) in [5.74, 6) is 0.444. The third-order valence-corrected chi connectivity index (χ3v) is 7.65. The van der Waals surface area contributed by atoms with Gasteiger partial charge in [-0.1, -0.05) is 122 Å². The molecule has 0 saturated heterocycles. The summed E-state index contributed by atoms with van der Waals surface area (Å²) in [4.78, 5) is 13.8. The summed E-state index contributed by atoms with van der Waals surface area (Å²) in [6.07, 6.45) is 15.2. The fraction of sp³-hybridized carbons (Fsp3) is 0.447. The second-order valence-corrected chi connectivity index (χ2v) is 10.1. The summed E-state index contributed by atoms with van der Waals surface area (Å²) in [6, 6.07) is 13.0. The molecule has 1 fully saturated rings. The van der Waals surface area contributed by atoms with Crippen LogP contribution in [0.3, 0.4) is 0 Å². The first-order valence-electron chi connectivity index (χ1n) is 15.1. The molecule has 2 aromatic carbocycles. The Morgan fingerprint density at radius 1 is 1.02 bits per heavy atom. The lowest BCUT2D eigenvalue weighted by atomic mass is 9.80. The third-order valence-electron chi connectivity index (χ3n) is 7.65. The van der Waals surface area contributed by atoms with Crippen LogP contribution in [0.2, 0.25) is 0 Å². The van der Waals surface area contributed by atoms with Crippen LogP contribution in [0.15, 0.2) is 85.0 Å². The van der Waals surface area contributed by atoms with Crippen LogP contribution in [0.4, 0.5) is 4.39 Å². The van der Waals surface area contributed by atoms with Crippen LogP contribution >= 0.6 is 0 Å². The fourth-order valence-electron chi connectivity index (χ4n) is 5.65. The van der Waals surface area contributed by atoms with Gasteiger partial charge in [0, 0.05) is 5.56 Å². The smallest absolute Gasteiger partial charge is 0.188 e. The van der Waals surface area contributed by atoms with Crippen molar-refractivity contribution in [3.63, 3.8) is 0 Å². The van der Waals surface area contributed by atoms with Gasteiger partial charge in [-0.25, -0.2) is 4.39 Å². The van der Waals surface area contributed by atoms with E-state index in [1.54, 1.807) is 12.1 Å². The van der Waals surface area contributed by atoms with Crippen LogP contribution in [-0.4, -0.2) is 5.78 Å². The number of hydrogen-bond acceptors (Lipinski definition) is 1. The average Bonchev–Trinajstić information content (AvgIpc) is 3.64. The number of unbranched alkanes of at least 4 members (excludes halogenated alkanes) is 1. The molecule has 4 rings (SSSR count). The summed E-state index contributed by atoms with van der Waals surface area (Å²) in [5, 5.41) is 0. The molecule has 40 heavy (non-hydrogen) atoms. The highest BCUT2D eigenvalue weighted by atomic mass is 19.1. The zero-order valence-corrected chi connectivity index (χ0v) is 25.0. The van der Waals surface area contributed by atoms with Gasteiger partial charge in [0.2, 0.25) is 0 Å². The lowest BCUT2D eigenvalue weighted by Crippen LogP contribution is -2.18. The Morgan fingerprint density at radius 3 is 2.42 bits per heavy atom. The number of Topliss-reactive ketones (excluding diaryl/α,β-unsaturated/α-hetero) is 1. The van der Waals surface area contributed by atoms with E-state index in [0.29, 0.717) is 5.92 Å². The Morgan fingerprint density at radius 2 is 1.77 bits per heavy atom. The number of hydrogen-bond donors (Lipinski definition) is 0. The zero-order valence-electron chi connectivity index (χ0n) is 25.0. The lowest BCUT2D eigenvalue weighted by Gasteiger charge is -2.23. The monoisotopic (exact) mass is 544 g/mol. The molecule has 2 unspecified atom stereocenters. The van der Waals surface area contributed by atoms with E-state index in [-0.39, 0.29) is 24.9 Å². The maximum Gasteiger partial charge on any atom is 0.188 e. The van der Waals surface area contributed by atoms with E-state index < -0.39 is 0 Å². The standard InChI is InChI=1S/C33H37FO.2C2H6.CH4/c1-4-5-16-30-23(2)17-19-31(30)24(3)33(35)32-20-18-27(26-12-6-7-13-26)22-28(32)14-8-10-25-11-9-15-29(34)21-25;2*1-2;/h6,9,11-13,15,18,20-22,30-31H,2-5,7-8,10,14,16-17,19H2,1H3;2*1-2H3;1H4. The Balaban J connectivity index is 0.00000153. The molecule has 0 heterocycles. The first-order valence-corrected chi connectivity index (χ1v) is 15.1. The van der Waals surface area contributed by atoms with Crippen molar-refractivity contribution in [1.82, 2.24) is 0 Å². The minimum Gasteiger partial charge on any atom is -0.289 e. The van der Waals surface area contributed by atoms with Gasteiger partial charge in [0.15, 0.2) is 5.78 Å². The topological polar surface area (TPSA) is 17.1 Å². The third kappa shape index (κ3) is 9.29. The van der Waals surface area contributed by atoms with Crippen LogP contribution in [0.25, 0.3) is 5.57 Å². The van der Waals surface area contributed by atoms with Gasteiger partial charge in [0.25, 0.3) is 0 Å². The molecule has 0 aliphatic heterocycles. The highest BCUT2D eigenvalue weighted by Crippen LogP contribution is 2.43. The van der Waals surface area contributed by atoms with E-state index in [1.165, 1.54) is 17.2 Å². The van der Waals surface area contributed by atoms with E-state index in [1.807, 2.05) is 39.8 Å². The van der Waals surface area contributed by atoms with Gasteiger partial charge in [-0.3, -0.25) is 4.79 Å². The van der Waals surface area contributed by atoms with Crippen molar-refractivity contribution in [3.05, 3.63) is 113 Å². The predicted molar refractivity (Wildman–Crippen MR) is 174 cm³/mol. The molecule has 2 aliphatic carbocycles. The molecule has 0 N–H and O–H groups in total. The Kier molecular flexibility index (Phi) is 16.1. The van der Waals surface area contributed by atoms with Crippen molar-refractivity contribution in [1.29, 1.82) is 0 Å². The Labute approximate surface area is 245 Å². The summed E-state index contributed by atoms with van der Waals surface area (Å²) in [6.45, 7) is 18.8. The number of carbonyl (C=O) groups is 1. The lowest BCUT2D eigenvalue weighted by molar-refractivity contribution is 0.101. The van der Waals surface area contributed by atoms with E-state index in [2.05, 4.69) is 50.4 Å².